The molecule has 0 atom stereocenters. The normalized spacial score (nSPS) is 11.1. The maximum absolute atomic E-state index is 11.7. The lowest BCUT2D eigenvalue weighted by Gasteiger charge is -2.08. The minimum Gasteiger partial charge on any atom is -0.394 e. The van der Waals surface area contributed by atoms with Gasteiger partial charge in [-0.15, -0.1) is 0 Å². The number of nitrogens with zero attached hydrogens (tertiary/aromatic N) is 2. The predicted molar refractivity (Wildman–Crippen MR) is 57.7 cm³/mol. The fourth-order valence-corrected chi connectivity index (χ4v) is 1.30. The van der Waals surface area contributed by atoms with Gasteiger partial charge < -0.3 is 15.8 Å². The molecule has 0 amide bonds. The van der Waals surface area contributed by atoms with Gasteiger partial charge in [0.2, 0.25) is 0 Å². The van der Waals surface area contributed by atoms with Crippen LogP contribution in [-0.2, 0) is 11.8 Å². The van der Waals surface area contributed by atoms with Crippen molar-refractivity contribution in [2.24, 2.45) is 7.05 Å². The number of aryl methyl sites for hydroxylation is 2. The highest BCUT2D eigenvalue weighted by molar-refractivity contribution is 5.64. The van der Waals surface area contributed by atoms with Crippen LogP contribution in [0.25, 0.3) is 0 Å². The highest BCUT2D eigenvalue weighted by Gasteiger charge is 2.08. The van der Waals surface area contributed by atoms with E-state index in [2.05, 4.69) is 10.4 Å². The van der Waals surface area contributed by atoms with Crippen LogP contribution in [0.3, 0.4) is 0 Å². The van der Waals surface area contributed by atoms with Crippen LogP contribution < -0.4 is 11.1 Å². The number of ether oxygens (including phenoxy) is 1. The molecule has 5 nitrogen and oxygen atoms in total. The number of hydrogen-bond acceptors (Lipinski definition) is 4. The van der Waals surface area contributed by atoms with Gasteiger partial charge in [0.1, 0.15) is 12.4 Å². The summed E-state index contributed by atoms with van der Waals surface area (Å²) in [5.41, 5.74) is 7.06. The van der Waals surface area contributed by atoms with Crippen LogP contribution in [0.15, 0.2) is 0 Å². The van der Waals surface area contributed by atoms with Crippen molar-refractivity contribution in [3.8, 4) is 0 Å². The van der Waals surface area contributed by atoms with Gasteiger partial charge in [0.15, 0.2) is 0 Å². The monoisotopic (exact) mass is 234 g/mol. The molecule has 1 heterocycles. The van der Waals surface area contributed by atoms with Crippen LogP contribution in [0, 0.1) is 6.92 Å². The number of hydrogen-bond donors (Lipinski definition) is 2. The second kappa shape index (κ2) is 5.64. The lowest BCUT2D eigenvalue weighted by molar-refractivity contribution is 0.0214. The lowest BCUT2D eigenvalue weighted by Crippen LogP contribution is -2.15. The molecule has 0 radical (unpaired) electrons. The van der Waals surface area contributed by atoms with Gasteiger partial charge in [0.05, 0.1) is 18.0 Å². The average Bonchev–Trinajstić information content (AvgIpc) is 2.43. The minimum atomic E-state index is -2.43. The van der Waals surface area contributed by atoms with Crippen LogP contribution in [0.5, 0.6) is 0 Å². The van der Waals surface area contributed by atoms with Crippen LogP contribution in [0.4, 0.5) is 20.3 Å². The van der Waals surface area contributed by atoms with Crippen molar-refractivity contribution in [1.82, 2.24) is 9.78 Å². The number of rotatable bonds is 6. The Kier molecular flexibility index (Phi) is 4.48. The molecule has 0 aliphatic carbocycles. The molecule has 1 rings (SSSR count). The maximum atomic E-state index is 11.7. The summed E-state index contributed by atoms with van der Waals surface area (Å²) in [6, 6.07) is 0. The molecular formula is C9H16F2N4O. The summed E-state index contributed by atoms with van der Waals surface area (Å²) in [5, 5.41) is 7.09. The number of anilines is 2. The molecule has 0 fully saturated rings. The Balaban J connectivity index is 2.32. The van der Waals surface area contributed by atoms with E-state index in [4.69, 9.17) is 10.5 Å². The molecule has 0 bridgehead atoms. The van der Waals surface area contributed by atoms with E-state index in [1.165, 1.54) is 0 Å². The molecule has 1 aromatic heterocycles. The van der Waals surface area contributed by atoms with Crippen LogP contribution in [-0.4, -0.2) is 36.0 Å². The molecule has 0 spiro atoms. The van der Waals surface area contributed by atoms with Gasteiger partial charge in [0, 0.05) is 13.6 Å². The van der Waals surface area contributed by atoms with E-state index in [1.807, 2.05) is 0 Å². The van der Waals surface area contributed by atoms with E-state index in [0.29, 0.717) is 18.1 Å². The third-order valence-electron chi connectivity index (χ3n) is 2.05. The Morgan fingerprint density at radius 1 is 1.56 bits per heavy atom. The summed E-state index contributed by atoms with van der Waals surface area (Å²) in [6.45, 7) is 1.87. The first-order chi connectivity index (χ1) is 7.52. The molecule has 0 aromatic carbocycles. The lowest BCUT2D eigenvalue weighted by atomic mass is 10.4. The smallest absolute Gasteiger partial charge is 0.261 e. The van der Waals surface area contributed by atoms with Crippen molar-refractivity contribution in [1.29, 1.82) is 0 Å². The zero-order chi connectivity index (χ0) is 12.1. The second-order valence-electron chi connectivity index (χ2n) is 3.36. The van der Waals surface area contributed by atoms with Crippen molar-refractivity contribution in [3.05, 3.63) is 5.69 Å². The topological polar surface area (TPSA) is 65.1 Å². The van der Waals surface area contributed by atoms with E-state index < -0.39 is 13.0 Å². The summed E-state index contributed by atoms with van der Waals surface area (Å²) in [6.07, 6.45) is -2.43. The maximum Gasteiger partial charge on any atom is 0.261 e. The summed E-state index contributed by atoms with van der Waals surface area (Å²) in [5.74, 6) is 0.679. The van der Waals surface area contributed by atoms with Crippen LogP contribution >= 0.6 is 0 Å². The highest BCUT2D eigenvalue weighted by atomic mass is 19.3. The predicted octanol–water partition coefficient (Wildman–Crippen LogP) is 1.00. The zero-order valence-corrected chi connectivity index (χ0v) is 9.33. The van der Waals surface area contributed by atoms with Gasteiger partial charge >= 0.3 is 0 Å². The first kappa shape index (κ1) is 12.7. The van der Waals surface area contributed by atoms with Gasteiger partial charge in [-0.3, -0.25) is 4.68 Å². The summed E-state index contributed by atoms with van der Waals surface area (Å²) >= 11 is 0. The number of nitrogens with two attached hydrogens (primary N) is 1. The van der Waals surface area contributed by atoms with Crippen LogP contribution in [0.2, 0.25) is 0 Å². The molecule has 1 aromatic rings. The molecule has 16 heavy (non-hydrogen) atoms. The Morgan fingerprint density at radius 3 is 2.75 bits per heavy atom. The number of alkyl halides is 2. The van der Waals surface area contributed by atoms with E-state index in [-0.39, 0.29) is 6.61 Å². The summed E-state index contributed by atoms with van der Waals surface area (Å²) in [4.78, 5) is 0. The van der Waals surface area contributed by atoms with Gasteiger partial charge in [-0.25, -0.2) is 8.78 Å². The average molecular weight is 234 g/mol. The number of halogens is 2. The van der Waals surface area contributed by atoms with E-state index in [1.54, 1.807) is 18.7 Å². The Bertz CT molecular complexity index is 340. The highest BCUT2D eigenvalue weighted by Crippen LogP contribution is 2.20. The second-order valence-corrected chi connectivity index (χ2v) is 3.36. The first-order valence-electron chi connectivity index (χ1n) is 4.91. The first-order valence-corrected chi connectivity index (χ1v) is 4.91. The van der Waals surface area contributed by atoms with Gasteiger partial charge in [-0.1, -0.05) is 0 Å². The summed E-state index contributed by atoms with van der Waals surface area (Å²) < 4.78 is 29.8. The van der Waals surface area contributed by atoms with Crippen molar-refractivity contribution in [2.45, 2.75) is 13.3 Å². The number of nitrogen functional groups attached to an aromatic ring is 1. The minimum absolute atomic E-state index is 0.202. The Labute approximate surface area is 92.6 Å². The third-order valence-corrected chi connectivity index (χ3v) is 2.05. The third kappa shape index (κ3) is 3.34. The zero-order valence-electron chi connectivity index (χ0n) is 9.33. The van der Waals surface area contributed by atoms with Crippen molar-refractivity contribution in [2.75, 3.05) is 30.8 Å². The van der Waals surface area contributed by atoms with Crippen molar-refractivity contribution >= 4 is 11.5 Å². The molecule has 92 valence electrons. The SMILES string of the molecule is Cc1nn(C)c(NCCOCC(F)F)c1N. The quantitative estimate of drug-likeness (QED) is 0.721. The fourth-order valence-electron chi connectivity index (χ4n) is 1.30. The summed E-state index contributed by atoms with van der Waals surface area (Å²) in [7, 11) is 1.76. The van der Waals surface area contributed by atoms with Gasteiger partial charge in [0.25, 0.3) is 6.43 Å². The van der Waals surface area contributed by atoms with Gasteiger partial charge in [-0.2, -0.15) is 5.10 Å². The molecule has 0 aliphatic heterocycles. The molecule has 0 aliphatic rings. The fraction of sp³-hybridized carbons (Fsp3) is 0.667. The molecule has 3 N–H and O–H groups in total. The number of aromatic nitrogens is 2. The molecule has 0 saturated heterocycles. The number of nitrogens with one attached hydrogen (secondary N) is 1. The van der Waals surface area contributed by atoms with Crippen LogP contribution in [0.1, 0.15) is 5.69 Å². The molecule has 7 heteroatoms. The standard InChI is InChI=1S/C9H16F2N4O/c1-6-8(12)9(15(2)14-6)13-3-4-16-5-7(10)11/h7,13H,3-5,12H2,1-2H3. The Morgan fingerprint density at radius 2 is 2.25 bits per heavy atom. The molecule has 0 saturated carbocycles. The largest absolute Gasteiger partial charge is 0.394 e. The van der Waals surface area contributed by atoms with E-state index in [9.17, 15) is 8.78 Å². The Hall–Kier alpha value is -1.37. The molecular weight excluding hydrogens is 218 g/mol. The van der Waals surface area contributed by atoms with E-state index >= 15 is 0 Å². The van der Waals surface area contributed by atoms with Crippen molar-refractivity contribution < 1.29 is 13.5 Å². The van der Waals surface area contributed by atoms with Crippen molar-refractivity contribution in [3.63, 3.8) is 0 Å². The van der Waals surface area contributed by atoms with E-state index in [0.717, 1.165) is 5.69 Å². The van der Waals surface area contributed by atoms with Gasteiger partial charge in [-0.05, 0) is 6.92 Å². The molecule has 0 unspecified atom stereocenters.